The van der Waals surface area contributed by atoms with Crippen molar-refractivity contribution in [2.24, 2.45) is 0 Å². The van der Waals surface area contributed by atoms with Crippen molar-refractivity contribution in [3.8, 4) is 11.5 Å². The van der Waals surface area contributed by atoms with Crippen LogP contribution >= 0.6 is 0 Å². The topological polar surface area (TPSA) is 88.1 Å². The molecule has 2 aromatic rings. The Morgan fingerprint density at radius 1 is 1.07 bits per heavy atom. The summed E-state index contributed by atoms with van der Waals surface area (Å²) in [7, 11) is 1.47. The molecule has 0 unspecified atom stereocenters. The number of rotatable bonds is 8. The molecule has 1 amide bonds. The summed E-state index contributed by atoms with van der Waals surface area (Å²) in [5.74, 6) is -0.451. The van der Waals surface area contributed by atoms with Crippen molar-refractivity contribution in [3.05, 3.63) is 48.0 Å². The smallest absolute Gasteiger partial charge is 0.306 e. The van der Waals surface area contributed by atoms with Crippen molar-refractivity contribution < 1.29 is 24.2 Å². The fourth-order valence-electron chi connectivity index (χ4n) is 3.46. The van der Waals surface area contributed by atoms with Gasteiger partial charge in [0.25, 0.3) is 5.91 Å². The molecule has 0 aliphatic carbocycles. The number of carbonyl (C=O) groups is 2. The maximum Gasteiger partial charge on any atom is 0.306 e. The van der Waals surface area contributed by atoms with Gasteiger partial charge in [0.15, 0.2) is 18.1 Å². The lowest BCUT2D eigenvalue weighted by Gasteiger charge is -2.28. The lowest BCUT2D eigenvalue weighted by molar-refractivity contribution is -0.147. The Hall–Kier alpha value is -3.22. The van der Waals surface area contributed by atoms with Crippen LogP contribution in [0.25, 0.3) is 0 Å². The van der Waals surface area contributed by atoms with E-state index in [0.717, 1.165) is 24.3 Å². The second-order valence-corrected chi connectivity index (χ2v) is 7.31. The van der Waals surface area contributed by atoms with Gasteiger partial charge in [0.2, 0.25) is 0 Å². The van der Waals surface area contributed by atoms with Gasteiger partial charge in [0, 0.05) is 30.9 Å². The third-order valence-electron chi connectivity index (χ3n) is 5.10. The molecule has 0 atom stereocenters. The summed E-state index contributed by atoms with van der Waals surface area (Å²) < 4.78 is 10.0. The van der Waals surface area contributed by atoms with Crippen molar-refractivity contribution >= 4 is 23.3 Å². The van der Waals surface area contributed by atoms with Gasteiger partial charge in [0.05, 0.1) is 7.11 Å². The Bertz CT molecular complexity index is 860. The largest absolute Gasteiger partial charge is 0.504 e. The summed E-state index contributed by atoms with van der Waals surface area (Å²) in [6, 6.07) is 12.7. The van der Waals surface area contributed by atoms with Crippen LogP contribution in [0.4, 0.5) is 11.4 Å². The number of piperidine rings is 1. The third kappa shape index (κ3) is 6.14. The first-order chi connectivity index (χ1) is 14.5. The SMILES string of the molecule is COc1ccc(CCC(=O)OCC(=O)Nc2ccc(N3CCCCC3)cc2)cc1O. The van der Waals surface area contributed by atoms with Gasteiger partial charge in [-0.05, 0) is 67.6 Å². The highest BCUT2D eigenvalue weighted by molar-refractivity contribution is 5.92. The lowest BCUT2D eigenvalue weighted by atomic mass is 10.1. The molecule has 1 fully saturated rings. The molecule has 1 aliphatic heterocycles. The maximum atomic E-state index is 12.0. The number of carbonyl (C=O) groups excluding carboxylic acids is 2. The highest BCUT2D eigenvalue weighted by Crippen LogP contribution is 2.26. The average Bonchev–Trinajstić information content (AvgIpc) is 2.77. The van der Waals surface area contributed by atoms with E-state index in [1.165, 1.54) is 26.4 Å². The highest BCUT2D eigenvalue weighted by atomic mass is 16.5. The number of aromatic hydroxyl groups is 1. The second-order valence-electron chi connectivity index (χ2n) is 7.31. The molecule has 1 aliphatic rings. The first-order valence-electron chi connectivity index (χ1n) is 10.2. The molecule has 0 spiro atoms. The van der Waals surface area contributed by atoms with Crippen molar-refractivity contribution in [1.29, 1.82) is 0 Å². The fourth-order valence-corrected chi connectivity index (χ4v) is 3.46. The maximum absolute atomic E-state index is 12.0. The molecule has 1 saturated heterocycles. The fraction of sp³-hybridized carbons (Fsp3) is 0.391. The minimum Gasteiger partial charge on any atom is -0.504 e. The molecule has 0 saturated carbocycles. The molecule has 3 rings (SSSR count). The number of aryl methyl sites for hydroxylation is 1. The van der Waals surface area contributed by atoms with Crippen LogP contribution in [0.1, 0.15) is 31.2 Å². The second kappa shape index (κ2) is 10.5. The van der Waals surface area contributed by atoms with Crippen molar-refractivity contribution in [2.45, 2.75) is 32.1 Å². The Morgan fingerprint density at radius 3 is 2.47 bits per heavy atom. The molecule has 0 bridgehead atoms. The zero-order valence-corrected chi connectivity index (χ0v) is 17.2. The van der Waals surface area contributed by atoms with Crippen LogP contribution in [-0.4, -0.2) is 43.8 Å². The predicted molar refractivity (Wildman–Crippen MR) is 115 cm³/mol. The standard InChI is InChI=1S/C23H28N2O5/c1-29-21-11-5-17(15-20(21)26)6-12-23(28)30-16-22(27)24-18-7-9-19(10-8-18)25-13-3-2-4-14-25/h5,7-11,15,26H,2-4,6,12-14,16H2,1H3,(H,24,27). The van der Waals surface area contributed by atoms with Gasteiger partial charge in [-0.25, -0.2) is 0 Å². The number of methoxy groups -OCH3 is 1. The number of ether oxygens (including phenoxy) is 2. The Kier molecular flexibility index (Phi) is 7.54. The number of anilines is 2. The van der Waals surface area contributed by atoms with Gasteiger partial charge < -0.3 is 24.8 Å². The van der Waals surface area contributed by atoms with Crippen LogP contribution in [-0.2, 0) is 20.7 Å². The molecule has 2 N–H and O–H groups in total. The van der Waals surface area contributed by atoms with Gasteiger partial charge in [-0.1, -0.05) is 6.07 Å². The van der Waals surface area contributed by atoms with Gasteiger partial charge in [-0.15, -0.1) is 0 Å². The van der Waals surface area contributed by atoms with E-state index in [-0.39, 0.29) is 24.7 Å². The minimum absolute atomic E-state index is 0.0223. The van der Waals surface area contributed by atoms with Crippen molar-refractivity contribution in [2.75, 3.05) is 37.0 Å². The number of hydrogen-bond acceptors (Lipinski definition) is 6. The van der Waals surface area contributed by atoms with E-state index in [1.807, 2.05) is 24.3 Å². The van der Waals surface area contributed by atoms with Crippen LogP contribution in [0, 0.1) is 0 Å². The monoisotopic (exact) mass is 412 g/mol. The number of benzene rings is 2. The third-order valence-corrected chi connectivity index (χ3v) is 5.10. The summed E-state index contributed by atoms with van der Waals surface area (Å²) in [4.78, 5) is 26.3. The van der Waals surface area contributed by atoms with E-state index < -0.39 is 5.97 Å². The Balaban J connectivity index is 1.39. The van der Waals surface area contributed by atoms with E-state index in [4.69, 9.17) is 9.47 Å². The molecule has 0 radical (unpaired) electrons. The first kappa shape index (κ1) is 21.5. The van der Waals surface area contributed by atoms with E-state index in [1.54, 1.807) is 18.2 Å². The van der Waals surface area contributed by atoms with Crippen LogP contribution in [0.15, 0.2) is 42.5 Å². The van der Waals surface area contributed by atoms with Crippen LogP contribution in [0.3, 0.4) is 0 Å². The van der Waals surface area contributed by atoms with E-state index in [9.17, 15) is 14.7 Å². The zero-order valence-electron chi connectivity index (χ0n) is 17.2. The van der Waals surface area contributed by atoms with Gasteiger partial charge in [-0.3, -0.25) is 9.59 Å². The summed E-state index contributed by atoms with van der Waals surface area (Å²) >= 11 is 0. The number of hydrogen-bond donors (Lipinski definition) is 2. The van der Waals surface area contributed by atoms with Crippen LogP contribution in [0.2, 0.25) is 0 Å². The summed E-state index contributed by atoms with van der Waals surface area (Å²) in [5, 5.41) is 12.5. The summed E-state index contributed by atoms with van der Waals surface area (Å²) in [6.07, 6.45) is 4.22. The number of nitrogens with one attached hydrogen (secondary N) is 1. The molecule has 2 aromatic carbocycles. The number of phenolic OH excluding ortho intramolecular Hbond substituents is 1. The minimum atomic E-state index is -0.471. The number of phenols is 1. The molecule has 1 heterocycles. The first-order valence-corrected chi connectivity index (χ1v) is 10.2. The molecule has 0 aromatic heterocycles. The molecular weight excluding hydrogens is 384 g/mol. The quantitative estimate of drug-likeness (QED) is 0.645. The lowest BCUT2D eigenvalue weighted by Crippen LogP contribution is -2.29. The molecule has 7 nitrogen and oxygen atoms in total. The highest BCUT2D eigenvalue weighted by Gasteiger charge is 2.12. The molecule has 30 heavy (non-hydrogen) atoms. The van der Waals surface area contributed by atoms with Crippen molar-refractivity contribution in [1.82, 2.24) is 0 Å². The number of amides is 1. The summed E-state index contributed by atoms with van der Waals surface area (Å²) in [6.45, 7) is 1.80. The van der Waals surface area contributed by atoms with E-state index in [2.05, 4.69) is 10.2 Å². The Labute approximate surface area is 176 Å². The van der Waals surface area contributed by atoms with E-state index >= 15 is 0 Å². The van der Waals surface area contributed by atoms with Gasteiger partial charge in [0.1, 0.15) is 0 Å². The number of esters is 1. The van der Waals surface area contributed by atoms with Crippen molar-refractivity contribution in [3.63, 3.8) is 0 Å². The van der Waals surface area contributed by atoms with E-state index in [0.29, 0.717) is 17.9 Å². The predicted octanol–water partition coefficient (Wildman–Crippen LogP) is 3.51. The molecule has 160 valence electrons. The Morgan fingerprint density at radius 2 is 1.80 bits per heavy atom. The summed E-state index contributed by atoms with van der Waals surface area (Å²) in [5.41, 5.74) is 2.61. The van der Waals surface area contributed by atoms with Gasteiger partial charge >= 0.3 is 5.97 Å². The number of nitrogens with zero attached hydrogens (tertiary/aromatic N) is 1. The molecule has 7 heteroatoms. The van der Waals surface area contributed by atoms with Crippen LogP contribution < -0.4 is 15.0 Å². The van der Waals surface area contributed by atoms with Gasteiger partial charge in [-0.2, -0.15) is 0 Å². The normalized spacial score (nSPS) is 13.6. The molecular formula is C23H28N2O5. The zero-order chi connectivity index (χ0) is 21.3. The average molecular weight is 412 g/mol. The van der Waals surface area contributed by atoms with Crippen LogP contribution in [0.5, 0.6) is 11.5 Å².